The normalized spacial score (nSPS) is 19.9. The average molecular weight is 655 g/mol. The molecule has 3 aliphatic carbocycles. The number of nitrogens with zero attached hydrogens (tertiary/aromatic N) is 2. The minimum absolute atomic E-state index is 0.124. The summed E-state index contributed by atoms with van der Waals surface area (Å²) in [6.07, 6.45) is 5.37. The molecule has 2 heteroatoms. The van der Waals surface area contributed by atoms with E-state index in [1.165, 1.54) is 81.0 Å². The molecular weight excluding hydrogens is 617 g/mol. The van der Waals surface area contributed by atoms with Crippen molar-refractivity contribution in [2.45, 2.75) is 31.1 Å². The van der Waals surface area contributed by atoms with E-state index in [1.807, 2.05) is 0 Å². The van der Waals surface area contributed by atoms with Crippen molar-refractivity contribution in [2.75, 3.05) is 4.90 Å². The quantitative estimate of drug-likeness (QED) is 0.179. The van der Waals surface area contributed by atoms with Crippen molar-refractivity contribution in [1.82, 2.24) is 4.57 Å². The molecule has 0 N–H and O–H groups in total. The minimum Gasteiger partial charge on any atom is -0.310 e. The summed E-state index contributed by atoms with van der Waals surface area (Å²) in [6, 6.07) is 63.1. The Labute approximate surface area is 299 Å². The highest BCUT2D eigenvalue weighted by Gasteiger charge is 2.57. The van der Waals surface area contributed by atoms with E-state index in [1.54, 1.807) is 5.56 Å². The summed E-state index contributed by atoms with van der Waals surface area (Å²) >= 11 is 0. The van der Waals surface area contributed by atoms with Crippen LogP contribution in [0.1, 0.15) is 36.8 Å². The fourth-order valence-electron chi connectivity index (χ4n) is 10.4. The lowest BCUT2D eigenvalue weighted by Crippen LogP contribution is -2.31. The Hall–Kier alpha value is -5.86. The first-order chi connectivity index (χ1) is 25.3. The summed E-state index contributed by atoms with van der Waals surface area (Å²) < 4.78 is 2.43. The Kier molecular flexibility index (Phi) is 6.28. The molecule has 1 aromatic heterocycles. The highest BCUT2D eigenvalue weighted by Crippen LogP contribution is 2.67. The molecule has 0 radical (unpaired) electrons. The number of hydrogen-bond acceptors (Lipinski definition) is 1. The molecule has 1 spiro atoms. The Morgan fingerprint density at radius 2 is 1.20 bits per heavy atom. The fraction of sp³-hybridized carbons (Fsp3) is 0.143. The molecule has 0 aliphatic heterocycles. The van der Waals surface area contributed by atoms with Crippen LogP contribution in [0.4, 0.5) is 17.1 Å². The number of para-hydroxylation sites is 2. The molecule has 0 saturated heterocycles. The molecule has 7 aromatic carbocycles. The van der Waals surface area contributed by atoms with Gasteiger partial charge in [0.1, 0.15) is 0 Å². The summed E-state index contributed by atoms with van der Waals surface area (Å²) in [5, 5.41) is 2.56. The topological polar surface area (TPSA) is 8.17 Å². The van der Waals surface area contributed by atoms with E-state index in [0.29, 0.717) is 0 Å². The summed E-state index contributed by atoms with van der Waals surface area (Å²) in [7, 11) is 0. The van der Waals surface area contributed by atoms with Gasteiger partial charge in [0.2, 0.25) is 0 Å². The van der Waals surface area contributed by atoms with Crippen LogP contribution in [-0.2, 0) is 5.41 Å². The molecule has 51 heavy (non-hydrogen) atoms. The van der Waals surface area contributed by atoms with Crippen molar-refractivity contribution in [3.8, 4) is 27.9 Å². The highest BCUT2D eigenvalue weighted by atomic mass is 15.1. The van der Waals surface area contributed by atoms with Crippen molar-refractivity contribution in [1.29, 1.82) is 0 Å². The molecule has 2 nitrogen and oxygen atoms in total. The average Bonchev–Trinajstić information content (AvgIpc) is 3.97. The van der Waals surface area contributed by atoms with Gasteiger partial charge in [-0.05, 0) is 107 Å². The summed E-state index contributed by atoms with van der Waals surface area (Å²) in [4.78, 5) is 2.52. The maximum atomic E-state index is 2.52. The van der Waals surface area contributed by atoms with Crippen LogP contribution in [0.5, 0.6) is 0 Å². The smallest absolute Gasteiger partial charge is 0.0543 e. The van der Waals surface area contributed by atoms with E-state index >= 15 is 0 Å². The Morgan fingerprint density at radius 3 is 1.94 bits per heavy atom. The van der Waals surface area contributed by atoms with E-state index in [-0.39, 0.29) is 5.41 Å². The van der Waals surface area contributed by atoms with Crippen molar-refractivity contribution >= 4 is 38.9 Å². The number of fused-ring (bicyclic) bond motifs is 11. The van der Waals surface area contributed by atoms with E-state index in [4.69, 9.17) is 0 Å². The third kappa shape index (κ3) is 4.17. The van der Waals surface area contributed by atoms with Crippen LogP contribution in [0, 0.1) is 11.8 Å². The van der Waals surface area contributed by atoms with Gasteiger partial charge < -0.3 is 9.47 Å². The summed E-state index contributed by atoms with van der Waals surface area (Å²) in [5.74, 6) is 1.56. The van der Waals surface area contributed by atoms with Gasteiger partial charge in [-0.25, -0.2) is 0 Å². The molecule has 0 unspecified atom stereocenters. The molecule has 0 amide bonds. The Bertz CT molecular complexity index is 2560. The second kappa shape index (κ2) is 11.1. The maximum absolute atomic E-state index is 2.52. The molecule has 244 valence electrons. The van der Waals surface area contributed by atoms with Crippen molar-refractivity contribution < 1.29 is 0 Å². The largest absolute Gasteiger partial charge is 0.310 e. The lowest BCUT2D eigenvalue weighted by molar-refractivity contribution is 0.327. The van der Waals surface area contributed by atoms with E-state index in [9.17, 15) is 0 Å². The van der Waals surface area contributed by atoms with Gasteiger partial charge in [-0.3, -0.25) is 0 Å². The van der Waals surface area contributed by atoms with Gasteiger partial charge in [0.05, 0.1) is 16.7 Å². The molecule has 2 fully saturated rings. The Morgan fingerprint density at radius 1 is 0.529 bits per heavy atom. The SMILES string of the molecule is c1ccc(-c2ccc(N(c3cccc(-n4c5ccccc5c5ccccc54)c3)c3cccc4c3-c3ccccc3[C@]43C[C@H]4CC[C@@H]3C4)cc2)cc1. The van der Waals surface area contributed by atoms with E-state index in [0.717, 1.165) is 28.9 Å². The van der Waals surface area contributed by atoms with Gasteiger partial charge in [-0.2, -0.15) is 0 Å². The van der Waals surface area contributed by atoms with Gasteiger partial charge in [0.25, 0.3) is 0 Å². The molecule has 8 aromatic rings. The number of benzene rings is 7. The van der Waals surface area contributed by atoms with Gasteiger partial charge in [0.15, 0.2) is 0 Å². The van der Waals surface area contributed by atoms with Gasteiger partial charge in [0, 0.05) is 38.8 Å². The van der Waals surface area contributed by atoms with Crippen LogP contribution >= 0.6 is 0 Å². The molecule has 2 saturated carbocycles. The third-order valence-corrected chi connectivity index (χ3v) is 12.4. The molecule has 3 atom stereocenters. The standard InChI is InChI=1S/C49H38N2/c1-2-12-34(13-3-1)35-25-28-37(29-26-35)50(38-14-10-15-39(31-38)51-45-21-8-5-16-40(45)41-17-6-9-22-46(41)51)47-23-11-20-44-48(47)42-18-4-7-19-43(42)49(44)32-33-24-27-36(49)30-33/h1-23,25-26,28-29,31,33,36H,24,27,30,32H2/t33-,36+,49+/m0/s1. The number of aromatic nitrogens is 1. The lowest BCUT2D eigenvalue weighted by Gasteiger charge is -2.37. The predicted molar refractivity (Wildman–Crippen MR) is 213 cm³/mol. The van der Waals surface area contributed by atoms with E-state index in [2.05, 4.69) is 179 Å². The Balaban J connectivity index is 1.14. The molecule has 1 heterocycles. The highest BCUT2D eigenvalue weighted by molar-refractivity contribution is 6.09. The predicted octanol–water partition coefficient (Wildman–Crippen LogP) is 13.0. The van der Waals surface area contributed by atoms with Crippen LogP contribution in [-0.4, -0.2) is 4.57 Å². The van der Waals surface area contributed by atoms with E-state index < -0.39 is 0 Å². The van der Waals surface area contributed by atoms with Crippen molar-refractivity contribution in [3.05, 3.63) is 181 Å². The van der Waals surface area contributed by atoms with Gasteiger partial charge in [-0.1, -0.05) is 128 Å². The molecular formula is C49H38N2. The number of anilines is 3. The first-order valence-electron chi connectivity index (χ1n) is 18.6. The zero-order valence-corrected chi connectivity index (χ0v) is 28.5. The number of hydrogen-bond donors (Lipinski definition) is 0. The van der Waals surface area contributed by atoms with Crippen LogP contribution in [0.15, 0.2) is 170 Å². The van der Waals surface area contributed by atoms with Gasteiger partial charge in [-0.15, -0.1) is 0 Å². The molecule has 2 bridgehead atoms. The monoisotopic (exact) mass is 654 g/mol. The molecule has 11 rings (SSSR count). The lowest BCUT2D eigenvalue weighted by atomic mass is 9.67. The second-order valence-electron chi connectivity index (χ2n) is 14.9. The summed E-state index contributed by atoms with van der Waals surface area (Å²) in [6.45, 7) is 0. The van der Waals surface area contributed by atoms with Crippen LogP contribution in [0.25, 0.3) is 49.7 Å². The van der Waals surface area contributed by atoms with Crippen LogP contribution in [0.3, 0.4) is 0 Å². The fourth-order valence-corrected chi connectivity index (χ4v) is 10.4. The number of rotatable bonds is 5. The maximum Gasteiger partial charge on any atom is 0.0543 e. The second-order valence-corrected chi connectivity index (χ2v) is 14.9. The summed E-state index contributed by atoms with van der Waals surface area (Å²) in [5.41, 5.74) is 15.7. The third-order valence-electron chi connectivity index (χ3n) is 12.4. The van der Waals surface area contributed by atoms with Crippen molar-refractivity contribution in [3.63, 3.8) is 0 Å². The van der Waals surface area contributed by atoms with Crippen LogP contribution in [0.2, 0.25) is 0 Å². The van der Waals surface area contributed by atoms with Gasteiger partial charge >= 0.3 is 0 Å². The zero-order chi connectivity index (χ0) is 33.5. The van der Waals surface area contributed by atoms with Crippen LogP contribution < -0.4 is 4.90 Å². The minimum atomic E-state index is 0.124. The molecule has 3 aliphatic rings. The zero-order valence-electron chi connectivity index (χ0n) is 28.5. The first kappa shape index (κ1) is 28.9. The van der Waals surface area contributed by atoms with Crippen molar-refractivity contribution in [2.24, 2.45) is 11.8 Å². The first-order valence-corrected chi connectivity index (χ1v) is 18.6.